The van der Waals surface area contributed by atoms with E-state index in [2.05, 4.69) is 4.98 Å². The Hall–Kier alpha value is -2.21. The Bertz CT molecular complexity index is 814. The molecule has 1 amide bonds. The van der Waals surface area contributed by atoms with E-state index in [-0.39, 0.29) is 17.8 Å². The van der Waals surface area contributed by atoms with Crippen LogP contribution in [-0.2, 0) is 6.54 Å². The van der Waals surface area contributed by atoms with Crippen LogP contribution in [0.25, 0.3) is 0 Å². The fourth-order valence-electron chi connectivity index (χ4n) is 2.91. The van der Waals surface area contributed by atoms with Crippen molar-refractivity contribution in [2.24, 2.45) is 0 Å². The molecule has 2 heterocycles. The lowest BCUT2D eigenvalue weighted by molar-refractivity contribution is 0.0713. The molecule has 7 heteroatoms. The van der Waals surface area contributed by atoms with Gasteiger partial charge in [-0.25, -0.2) is 13.8 Å². The topological polar surface area (TPSA) is 42.4 Å². The van der Waals surface area contributed by atoms with Crippen LogP contribution in [0.2, 0.25) is 5.02 Å². The smallest absolute Gasteiger partial charge is 0.272 e. The highest BCUT2D eigenvalue weighted by molar-refractivity contribution is 6.32. The third-order valence-electron chi connectivity index (χ3n) is 4.29. The van der Waals surface area contributed by atoms with Crippen LogP contribution in [0.5, 0.6) is 5.88 Å². The second-order valence-electron chi connectivity index (χ2n) is 5.97. The molecule has 0 saturated heterocycles. The number of rotatable bonds is 5. The number of fused-ring (bicyclic) bond motifs is 1. The van der Waals surface area contributed by atoms with Crippen LogP contribution in [0, 0.1) is 6.92 Å². The first kappa shape index (κ1) is 17.6. The van der Waals surface area contributed by atoms with Gasteiger partial charge in [0.15, 0.2) is 6.61 Å². The fraction of sp³-hybridized carbons (Fsp3) is 0.333. The summed E-state index contributed by atoms with van der Waals surface area (Å²) in [5, 5.41) is 0.575. The maximum atomic E-state index is 12.6. The van der Waals surface area contributed by atoms with Crippen molar-refractivity contribution in [3.8, 4) is 5.88 Å². The molecule has 2 aromatic rings. The molecular weight excluding hydrogens is 350 g/mol. The van der Waals surface area contributed by atoms with Gasteiger partial charge in [0.1, 0.15) is 0 Å². The molecule has 25 heavy (non-hydrogen) atoms. The van der Waals surface area contributed by atoms with E-state index in [4.69, 9.17) is 16.3 Å². The standard InChI is InChI=1S/C18H17ClF2N2O2/c1-10-6-12(7-22-17(10)25-9-16(20)21)11(2)23-8-14-13(18(23)24)4-3-5-15(14)19/h3-7,11,16H,8-9H2,1-2H3. The van der Waals surface area contributed by atoms with Crippen molar-refractivity contribution in [1.29, 1.82) is 0 Å². The molecular formula is C18H17ClF2N2O2. The summed E-state index contributed by atoms with van der Waals surface area (Å²) in [5.74, 6) is 0.0935. The number of aryl methyl sites for hydroxylation is 1. The van der Waals surface area contributed by atoms with E-state index in [0.29, 0.717) is 22.7 Å². The summed E-state index contributed by atoms with van der Waals surface area (Å²) >= 11 is 6.19. The quantitative estimate of drug-likeness (QED) is 0.787. The zero-order chi connectivity index (χ0) is 18.1. The van der Waals surface area contributed by atoms with E-state index < -0.39 is 13.0 Å². The van der Waals surface area contributed by atoms with Gasteiger partial charge < -0.3 is 9.64 Å². The maximum Gasteiger partial charge on any atom is 0.272 e. The number of carbonyl (C=O) groups excluding carboxylic acids is 1. The van der Waals surface area contributed by atoms with E-state index in [1.54, 1.807) is 42.3 Å². The van der Waals surface area contributed by atoms with E-state index in [1.165, 1.54) is 0 Å². The fourth-order valence-corrected chi connectivity index (χ4v) is 3.15. The number of hydrogen-bond acceptors (Lipinski definition) is 3. The number of carbonyl (C=O) groups is 1. The molecule has 132 valence electrons. The molecule has 0 saturated carbocycles. The molecule has 1 aromatic carbocycles. The predicted molar refractivity (Wildman–Crippen MR) is 90.2 cm³/mol. The maximum absolute atomic E-state index is 12.6. The Kier molecular flexibility index (Phi) is 4.90. The highest BCUT2D eigenvalue weighted by Crippen LogP contribution is 2.35. The highest BCUT2D eigenvalue weighted by Gasteiger charge is 2.32. The van der Waals surface area contributed by atoms with Gasteiger partial charge in [-0.15, -0.1) is 0 Å². The van der Waals surface area contributed by atoms with Gasteiger partial charge in [-0.3, -0.25) is 4.79 Å². The first-order valence-corrected chi connectivity index (χ1v) is 8.22. The molecule has 0 aliphatic carbocycles. The van der Waals surface area contributed by atoms with Gasteiger partial charge >= 0.3 is 0 Å². The summed E-state index contributed by atoms with van der Waals surface area (Å²) < 4.78 is 29.5. The van der Waals surface area contributed by atoms with Gasteiger partial charge in [-0.1, -0.05) is 17.7 Å². The molecule has 0 bridgehead atoms. The zero-order valence-corrected chi connectivity index (χ0v) is 14.6. The SMILES string of the molecule is Cc1cc(C(C)N2Cc3c(Cl)cccc3C2=O)cnc1OCC(F)F. The number of ether oxygens (including phenoxy) is 1. The minimum atomic E-state index is -2.55. The first-order valence-electron chi connectivity index (χ1n) is 7.84. The van der Waals surface area contributed by atoms with Gasteiger partial charge in [0.05, 0.1) is 6.04 Å². The Morgan fingerprint density at radius 3 is 2.80 bits per heavy atom. The normalized spacial score (nSPS) is 14.8. The minimum absolute atomic E-state index is 0.0827. The second-order valence-corrected chi connectivity index (χ2v) is 6.37. The Morgan fingerprint density at radius 1 is 1.40 bits per heavy atom. The van der Waals surface area contributed by atoms with Crippen LogP contribution in [0.1, 0.15) is 40.0 Å². The summed E-state index contributed by atoms with van der Waals surface area (Å²) in [6, 6.07) is 6.86. The van der Waals surface area contributed by atoms with Crippen molar-refractivity contribution >= 4 is 17.5 Å². The second kappa shape index (κ2) is 6.96. The average Bonchev–Trinajstić information content (AvgIpc) is 2.91. The van der Waals surface area contributed by atoms with Crippen molar-refractivity contribution in [2.75, 3.05) is 6.61 Å². The number of nitrogens with zero attached hydrogens (tertiary/aromatic N) is 2. The van der Waals surface area contributed by atoms with Crippen molar-refractivity contribution < 1.29 is 18.3 Å². The number of alkyl halides is 2. The first-order chi connectivity index (χ1) is 11.9. The van der Waals surface area contributed by atoms with Crippen molar-refractivity contribution in [1.82, 2.24) is 9.88 Å². The molecule has 1 aromatic heterocycles. The lowest BCUT2D eigenvalue weighted by Crippen LogP contribution is -2.27. The number of hydrogen-bond donors (Lipinski definition) is 0. The number of amides is 1. The summed E-state index contributed by atoms with van der Waals surface area (Å²) in [6.07, 6.45) is -0.999. The zero-order valence-electron chi connectivity index (χ0n) is 13.8. The Morgan fingerprint density at radius 2 is 2.16 bits per heavy atom. The van der Waals surface area contributed by atoms with Crippen LogP contribution in [0.3, 0.4) is 0 Å². The third kappa shape index (κ3) is 3.44. The Balaban J connectivity index is 1.80. The number of pyridine rings is 1. The lowest BCUT2D eigenvalue weighted by Gasteiger charge is -2.25. The molecule has 1 atom stereocenters. The molecule has 1 aliphatic rings. The number of halogens is 3. The highest BCUT2D eigenvalue weighted by atomic mass is 35.5. The minimum Gasteiger partial charge on any atom is -0.471 e. The average molecular weight is 367 g/mol. The lowest BCUT2D eigenvalue weighted by atomic mass is 10.1. The van der Waals surface area contributed by atoms with Gasteiger partial charge in [-0.2, -0.15) is 0 Å². The van der Waals surface area contributed by atoms with Crippen LogP contribution in [0.15, 0.2) is 30.5 Å². The van der Waals surface area contributed by atoms with Gasteiger partial charge in [0, 0.05) is 34.5 Å². The van der Waals surface area contributed by atoms with E-state index >= 15 is 0 Å². The van der Waals surface area contributed by atoms with E-state index in [1.807, 2.05) is 6.92 Å². The van der Waals surface area contributed by atoms with E-state index in [9.17, 15) is 13.6 Å². The molecule has 0 radical (unpaired) electrons. The van der Waals surface area contributed by atoms with Crippen molar-refractivity contribution in [2.45, 2.75) is 32.9 Å². The number of aromatic nitrogens is 1. The van der Waals surface area contributed by atoms with E-state index in [0.717, 1.165) is 11.1 Å². The molecule has 0 spiro atoms. The molecule has 3 rings (SSSR count). The summed E-state index contributed by atoms with van der Waals surface area (Å²) in [5.41, 5.74) is 2.88. The van der Waals surface area contributed by atoms with Crippen molar-refractivity contribution in [3.05, 3.63) is 57.7 Å². The van der Waals surface area contributed by atoms with Crippen LogP contribution >= 0.6 is 11.6 Å². The molecule has 0 N–H and O–H groups in total. The molecule has 4 nitrogen and oxygen atoms in total. The summed E-state index contributed by atoms with van der Waals surface area (Å²) in [4.78, 5) is 18.5. The van der Waals surface area contributed by atoms with Crippen molar-refractivity contribution in [3.63, 3.8) is 0 Å². The molecule has 1 unspecified atom stereocenters. The summed E-state index contributed by atoms with van der Waals surface area (Å²) in [7, 11) is 0. The van der Waals surface area contributed by atoms with Gasteiger partial charge in [0.25, 0.3) is 12.3 Å². The monoisotopic (exact) mass is 366 g/mol. The molecule has 1 aliphatic heterocycles. The predicted octanol–water partition coefficient (Wildman–Crippen LogP) is 4.40. The Labute approximate surface area is 149 Å². The van der Waals surface area contributed by atoms with Gasteiger partial charge in [-0.05, 0) is 37.6 Å². The summed E-state index contributed by atoms with van der Waals surface area (Å²) in [6.45, 7) is 3.37. The third-order valence-corrected chi connectivity index (χ3v) is 4.64. The largest absolute Gasteiger partial charge is 0.471 e. The van der Waals surface area contributed by atoms with Gasteiger partial charge in [0.2, 0.25) is 5.88 Å². The molecule has 0 fully saturated rings. The van der Waals surface area contributed by atoms with Crippen LogP contribution < -0.4 is 4.74 Å². The van der Waals surface area contributed by atoms with Crippen LogP contribution in [0.4, 0.5) is 8.78 Å². The number of benzene rings is 1. The van der Waals surface area contributed by atoms with Crippen LogP contribution in [-0.4, -0.2) is 28.8 Å².